The van der Waals surface area contributed by atoms with Crippen molar-refractivity contribution in [3.05, 3.63) is 102 Å². The van der Waals surface area contributed by atoms with Crippen molar-refractivity contribution in [2.45, 2.75) is 110 Å². The topological polar surface area (TPSA) is 99.6 Å². The minimum Gasteiger partial charge on any atom is -0.439 e. The SMILES string of the molecule is Brc1cccc(Oc2ccccn2)c1.CC1(C)OB(c2cccc(Oc3ccccn3)c2)OC1(C)C.CC1OB(B2OC(C)(C)C(C)(C)O2)OC1(C)C. The van der Waals surface area contributed by atoms with Gasteiger partial charge >= 0.3 is 21.1 Å². The number of hydrogen-bond acceptors (Lipinski definition) is 10. The highest BCUT2D eigenvalue weighted by Crippen LogP contribution is 2.40. The van der Waals surface area contributed by atoms with E-state index >= 15 is 0 Å². The third-order valence-corrected chi connectivity index (χ3v) is 10.6. The molecule has 5 heterocycles. The average molecular weight is 787 g/mol. The Morgan fingerprint density at radius 1 is 0.566 bits per heavy atom. The predicted molar refractivity (Wildman–Crippen MR) is 212 cm³/mol. The largest absolute Gasteiger partial charge is 0.494 e. The van der Waals surface area contributed by atoms with E-state index in [1.54, 1.807) is 12.4 Å². The van der Waals surface area contributed by atoms with E-state index in [2.05, 4.69) is 25.9 Å². The molecular formula is C39H50B3BrN2O8. The summed E-state index contributed by atoms with van der Waals surface area (Å²) in [6.07, 6.45) is 3.44. The molecule has 1 atom stereocenters. The maximum atomic E-state index is 6.06. The van der Waals surface area contributed by atoms with Crippen LogP contribution in [0.3, 0.4) is 0 Å². The fraction of sp³-hybridized carbons (Fsp3) is 0.436. The summed E-state index contributed by atoms with van der Waals surface area (Å²) in [5, 5.41) is 0. The van der Waals surface area contributed by atoms with Crippen LogP contribution >= 0.6 is 15.9 Å². The van der Waals surface area contributed by atoms with Crippen LogP contribution in [0.25, 0.3) is 0 Å². The molecule has 1 unspecified atom stereocenters. The number of ether oxygens (including phenoxy) is 2. The van der Waals surface area contributed by atoms with Gasteiger partial charge in [0.15, 0.2) is 0 Å². The Balaban J connectivity index is 0.000000158. The zero-order valence-corrected chi connectivity index (χ0v) is 34.2. The van der Waals surface area contributed by atoms with Crippen LogP contribution in [0.1, 0.15) is 76.2 Å². The van der Waals surface area contributed by atoms with Crippen LogP contribution < -0.4 is 14.9 Å². The first-order valence-corrected chi connectivity index (χ1v) is 18.6. The molecule has 4 aromatic rings. The Morgan fingerprint density at radius 3 is 1.51 bits per heavy atom. The fourth-order valence-corrected chi connectivity index (χ4v) is 5.58. The first-order valence-electron chi connectivity index (χ1n) is 17.8. The standard InChI is InChI=1S/C17H20BNO3.C11H22B2O4.C11H8BrNO/c1-16(2)17(3,4)22-18(21-16)13-8-7-9-14(12-13)20-15-10-5-6-11-19-15;1-8-9(2,3)15-12(14-8)13-16-10(4,5)11(6,7)17-13;12-9-4-3-5-10(8-9)14-11-6-1-2-7-13-11/h5-12H,1-4H3;8H,1-7H3;1-8H. The molecule has 53 heavy (non-hydrogen) atoms. The van der Waals surface area contributed by atoms with E-state index in [1.807, 2.05) is 161 Å². The van der Waals surface area contributed by atoms with Crippen LogP contribution in [0.15, 0.2) is 102 Å². The third-order valence-electron chi connectivity index (χ3n) is 10.1. The third kappa shape index (κ3) is 10.3. The average Bonchev–Trinajstić information content (AvgIpc) is 3.59. The van der Waals surface area contributed by atoms with Gasteiger partial charge < -0.3 is 37.4 Å². The van der Waals surface area contributed by atoms with E-state index in [0.717, 1.165) is 15.7 Å². The van der Waals surface area contributed by atoms with Gasteiger partial charge in [-0.2, -0.15) is 0 Å². The van der Waals surface area contributed by atoms with E-state index < -0.39 is 21.1 Å². The number of rotatable bonds is 6. The van der Waals surface area contributed by atoms with Crippen LogP contribution in [-0.2, 0) is 27.9 Å². The van der Waals surface area contributed by atoms with Gasteiger partial charge in [0, 0.05) is 29.0 Å². The summed E-state index contributed by atoms with van der Waals surface area (Å²) in [6.45, 7) is 22.3. The van der Waals surface area contributed by atoms with Gasteiger partial charge in [-0.25, -0.2) is 9.97 Å². The Hall–Kier alpha value is -3.23. The molecule has 280 valence electrons. The molecule has 3 fully saturated rings. The summed E-state index contributed by atoms with van der Waals surface area (Å²) in [5.74, 6) is 2.66. The zero-order chi connectivity index (χ0) is 38.7. The summed E-state index contributed by atoms with van der Waals surface area (Å²) in [7, 11) is -1.29. The second kappa shape index (κ2) is 16.2. The molecule has 0 aliphatic carbocycles. The van der Waals surface area contributed by atoms with E-state index in [-0.39, 0.29) is 34.1 Å². The molecule has 3 aliphatic rings. The van der Waals surface area contributed by atoms with E-state index in [1.165, 1.54) is 0 Å². The van der Waals surface area contributed by atoms with E-state index in [9.17, 15) is 0 Å². The molecule has 0 N–H and O–H groups in total. The van der Waals surface area contributed by atoms with E-state index in [0.29, 0.717) is 17.5 Å². The summed E-state index contributed by atoms with van der Waals surface area (Å²) in [4.78, 5) is 8.23. The van der Waals surface area contributed by atoms with Gasteiger partial charge in [-0.05, 0) is 124 Å². The second-order valence-electron chi connectivity index (χ2n) is 15.7. The smallest absolute Gasteiger partial charge is 0.439 e. The Morgan fingerprint density at radius 2 is 1.06 bits per heavy atom. The van der Waals surface area contributed by atoms with Gasteiger partial charge in [0.05, 0.1) is 34.1 Å². The van der Waals surface area contributed by atoms with Crippen LogP contribution in [0.4, 0.5) is 0 Å². The zero-order valence-electron chi connectivity index (χ0n) is 32.6. The van der Waals surface area contributed by atoms with Crippen molar-refractivity contribution in [1.29, 1.82) is 0 Å². The van der Waals surface area contributed by atoms with Crippen molar-refractivity contribution >= 4 is 42.5 Å². The second-order valence-corrected chi connectivity index (χ2v) is 16.6. The Kier molecular flexibility index (Phi) is 12.6. The summed E-state index contributed by atoms with van der Waals surface area (Å²) >= 11 is 3.38. The lowest BCUT2D eigenvalue weighted by atomic mass is 9.49. The molecule has 0 bridgehead atoms. The highest BCUT2D eigenvalue weighted by Gasteiger charge is 2.61. The van der Waals surface area contributed by atoms with Gasteiger partial charge in [0.2, 0.25) is 11.8 Å². The van der Waals surface area contributed by atoms with Gasteiger partial charge in [-0.3, -0.25) is 0 Å². The maximum absolute atomic E-state index is 6.06. The Bertz CT molecular complexity index is 1770. The quantitative estimate of drug-likeness (QED) is 0.177. The minimum absolute atomic E-state index is 0.0338. The fourth-order valence-electron chi connectivity index (χ4n) is 5.20. The first kappa shape index (κ1) is 40.9. The number of pyridine rings is 2. The lowest BCUT2D eigenvalue weighted by Crippen LogP contribution is -2.41. The van der Waals surface area contributed by atoms with Crippen molar-refractivity contribution < 1.29 is 37.4 Å². The van der Waals surface area contributed by atoms with E-state index in [4.69, 9.17) is 37.4 Å². The summed E-state index contributed by atoms with van der Waals surface area (Å²) in [5.41, 5.74) is -0.757. The first-order chi connectivity index (χ1) is 24.8. The molecule has 0 spiro atoms. The van der Waals surface area contributed by atoms with Gasteiger partial charge in [0.25, 0.3) is 0 Å². The molecule has 7 rings (SSSR count). The number of benzene rings is 2. The molecule has 0 amide bonds. The monoisotopic (exact) mass is 786 g/mol. The molecule has 0 radical (unpaired) electrons. The number of nitrogens with zero attached hydrogens (tertiary/aromatic N) is 2. The molecule has 14 heteroatoms. The maximum Gasteiger partial charge on any atom is 0.494 e. The number of aromatic nitrogens is 2. The minimum atomic E-state index is -0.454. The molecule has 2 aromatic carbocycles. The molecule has 0 saturated carbocycles. The van der Waals surface area contributed by atoms with Crippen LogP contribution in [0, 0.1) is 0 Å². The van der Waals surface area contributed by atoms with Crippen molar-refractivity contribution in [3.8, 4) is 23.3 Å². The highest BCUT2D eigenvalue weighted by atomic mass is 79.9. The van der Waals surface area contributed by atoms with Crippen molar-refractivity contribution in [1.82, 2.24) is 9.97 Å². The van der Waals surface area contributed by atoms with Crippen molar-refractivity contribution in [2.75, 3.05) is 0 Å². The van der Waals surface area contributed by atoms with Crippen LogP contribution in [0.5, 0.6) is 23.3 Å². The molecule has 2 aromatic heterocycles. The van der Waals surface area contributed by atoms with Crippen molar-refractivity contribution in [2.24, 2.45) is 0 Å². The van der Waals surface area contributed by atoms with Crippen LogP contribution in [-0.4, -0.2) is 65.2 Å². The molecular weight excluding hydrogens is 737 g/mol. The number of hydrogen-bond donors (Lipinski definition) is 0. The lowest BCUT2D eigenvalue weighted by molar-refractivity contribution is 0.00578. The molecule has 3 aliphatic heterocycles. The Labute approximate surface area is 324 Å². The normalized spacial score (nSPS) is 21.6. The summed E-state index contributed by atoms with van der Waals surface area (Å²) < 4.78 is 47.9. The van der Waals surface area contributed by atoms with Crippen LogP contribution in [0.2, 0.25) is 0 Å². The predicted octanol–water partition coefficient (Wildman–Crippen LogP) is 8.67. The lowest BCUT2D eigenvalue weighted by Gasteiger charge is -2.32. The highest BCUT2D eigenvalue weighted by molar-refractivity contribution is 9.10. The molecule has 10 nitrogen and oxygen atoms in total. The molecule has 3 saturated heterocycles. The van der Waals surface area contributed by atoms with Crippen molar-refractivity contribution in [3.63, 3.8) is 0 Å². The summed E-state index contributed by atoms with van der Waals surface area (Å²) in [6, 6.07) is 26.5. The number of halogens is 1. The van der Waals surface area contributed by atoms with Gasteiger partial charge in [-0.15, -0.1) is 0 Å². The van der Waals surface area contributed by atoms with Gasteiger partial charge in [-0.1, -0.05) is 46.3 Å². The van der Waals surface area contributed by atoms with Gasteiger partial charge in [0.1, 0.15) is 11.5 Å².